The minimum absolute atomic E-state index is 1.44. The lowest BCUT2D eigenvalue weighted by Gasteiger charge is -2.00. The minimum atomic E-state index is 1.44. The van der Waals surface area contributed by atoms with Crippen molar-refractivity contribution in [2.24, 2.45) is 0 Å². The van der Waals surface area contributed by atoms with E-state index in [1.54, 1.807) is 0 Å². The molecule has 2 rings (SSSR count). The third kappa shape index (κ3) is 1.12. The van der Waals surface area contributed by atoms with Gasteiger partial charge >= 0.3 is 0 Å². The van der Waals surface area contributed by atoms with Crippen molar-refractivity contribution < 1.29 is 0 Å². The minimum Gasteiger partial charge on any atom is -0.0710 e. The molecule has 2 fully saturated rings. The molecule has 0 saturated heterocycles. The number of hydrogen-bond donors (Lipinski definition) is 0. The summed E-state index contributed by atoms with van der Waals surface area (Å²) in [6, 6.07) is 0. The normalized spacial score (nSPS) is 26.4. The first-order valence-electron chi connectivity index (χ1n) is 4.66. The fraction of sp³-hybridized carbons (Fsp3) is 0.800. The Kier molecular flexibility index (Phi) is 1.79. The SMILES string of the molecule is C1CCC(=C2CCCC2)C1. The summed E-state index contributed by atoms with van der Waals surface area (Å²) in [5.74, 6) is 0. The van der Waals surface area contributed by atoms with E-state index in [1.807, 2.05) is 11.1 Å². The third-order valence-corrected chi connectivity index (χ3v) is 2.91. The Morgan fingerprint density at radius 1 is 0.500 bits per heavy atom. The lowest BCUT2D eigenvalue weighted by molar-refractivity contribution is 0.886. The maximum absolute atomic E-state index is 1.84. The molecule has 10 heavy (non-hydrogen) atoms. The van der Waals surface area contributed by atoms with Gasteiger partial charge in [0, 0.05) is 0 Å². The van der Waals surface area contributed by atoms with Gasteiger partial charge in [0.1, 0.15) is 0 Å². The van der Waals surface area contributed by atoms with Crippen LogP contribution in [0.4, 0.5) is 0 Å². The zero-order chi connectivity index (χ0) is 6.81. The Labute approximate surface area is 63.3 Å². The van der Waals surface area contributed by atoms with Gasteiger partial charge in [-0.2, -0.15) is 0 Å². The maximum Gasteiger partial charge on any atom is -0.0318 e. The molecular weight excluding hydrogens is 120 g/mol. The van der Waals surface area contributed by atoms with Crippen LogP contribution in [0.3, 0.4) is 0 Å². The van der Waals surface area contributed by atoms with Crippen LogP contribution in [0, 0.1) is 0 Å². The van der Waals surface area contributed by atoms with Crippen molar-refractivity contribution in [1.82, 2.24) is 0 Å². The van der Waals surface area contributed by atoms with E-state index in [0.717, 1.165) is 0 Å². The number of hydrogen-bond acceptors (Lipinski definition) is 0. The molecular formula is C10H16. The van der Waals surface area contributed by atoms with Crippen LogP contribution in [-0.2, 0) is 0 Å². The maximum atomic E-state index is 1.84. The van der Waals surface area contributed by atoms with Crippen molar-refractivity contribution in [2.75, 3.05) is 0 Å². The first-order chi connectivity index (χ1) is 4.97. The summed E-state index contributed by atoms with van der Waals surface area (Å²) in [5.41, 5.74) is 3.69. The molecule has 56 valence electrons. The summed E-state index contributed by atoms with van der Waals surface area (Å²) in [6.07, 6.45) is 11.6. The molecule has 0 N–H and O–H groups in total. The van der Waals surface area contributed by atoms with E-state index in [4.69, 9.17) is 0 Å². The molecule has 0 aromatic carbocycles. The van der Waals surface area contributed by atoms with E-state index in [1.165, 1.54) is 51.4 Å². The quantitative estimate of drug-likeness (QED) is 0.447. The van der Waals surface area contributed by atoms with Crippen molar-refractivity contribution >= 4 is 0 Å². The predicted octanol–water partition coefficient (Wildman–Crippen LogP) is 3.43. The highest BCUT2D eigenvalue weighted by atomic mass is 14.2. The zero-order valence-electron chi connectivity index (χ0n) is 6.66. The second-order valence-electron chi connectivity index (χ2n) is 3.62. The lowest BCUT2D eigenvalue weighted by atomic mass is 10.1. The standard InChI is InChI=1S/C10H16/c1-2-6-9(5-1)10-7-3-4-8-10/h1-8H2. The van der Waals surface area contributed by atoms with Crippen LogP contribution in [0.1, 0.15) is 51.4 Å². The van der Waals surface area contributed by atoms with Crippen LogP contribution in [0.15, 0.2) is 11.1 Å². The molecule has 0 heterocycles. The molecule has 0 bridgehead atoms. The Morgan fingerprint density at radius 2 is 0.800 bits per heavy atom. The topological polar surface area (TPSA) is 0 Å². The van der Waals surface area contributed by atoms with Crippen LogP contribution in [-0.4, -0.2) is 0 Å². The van der Waals surface area contributed by atoms with Crippen LogP contribution in [0.25, 0.3) is 0 Å². The first-order valence-corrected chi connectivity index (χ1v) is 4.66. The highest BCUT2D eigenvalue weighted by Crippen LogP contribution is 2.34. The summed E-state index contributed by atoms with van der Waals surface area (Å²) in [5, 5.41) is 0. The largest absolute Gasteiger partial charge is 0.0710 e. The number of rotatable bonds is 0. The third-order valence-electron chi connectivity index (χ3n) is 2.91. The van der Waals surface area contributed by atoms with Gasteiger partial charge in [-0.3, -0.25) is 0 Å². The van der Waals surface area contributed by atoms with Gasteiger partial charge in [-0.05, 0) is 51.4 Å². The molecule has 0 aromatic heterocycles. The van der Waals surface area contributed by atoms with Crippen molar-refractivity contribution in [1.29, 1.82) is 0 Å². The Bertz CT molecular complexity index is 119. The smallest absolute Gasteiger partial charge is 0.0318 e. The summed E-state index contributed by atoms with van der Waals surface area (Å²) >= 11 is 0. The van der Waals surface area contributed by atoms with Gasteiger partial charge in [0.25, 0.3) is 0 Å². The molecule has 0 heteroatoms. The van der Waals surface area contributed by atoms with Gasteiger partial charge in [0.2, 0.25) is 0 Å². The Morgan fingerprint density at radius 3 is 1.10 bits per heavy atom. The van der Waals surface area contributed by atoms with Crippen molar-refractivity contribution in [3.8, 4) is 0 Å². The molecule has 0 aromatic rings. The van der Waals surface area contributed by atoms with Crippen LogP contribution in [0.5, 0.6) is 0 Å². The van der Waals surface area contributed by atoms with E-state index in [9.17, 15) is 0 Å². The lowest BCUT2D eigenvalue weighted by Crippen LogP contribution is -1.80. The van der Waals surface area contributed by atoms with Crippen LogP contribution < -0.4 is 0 Å². The van der Waals surface area contributed by atoms with Gasteiger partial charge in [-0.25, -0.2) is 0 Å². The molecule has 2 aliphatic rings. The van der Waals surface area contributed by atoms with Gasteiger partial charge in [-0.1, -0.05) is 11.1 Å². The summed E-state index contributed by atoms with van der Waals surface area (Å²) in [7, 11) is 0. The summed E-state index contributed by atoms with van der Waals surface area (Å²) in [4.78, 5) is 0. The van der Waals surface area contributed by atoms with Crippen LogP contribution >= 0.6 is 0 Å². The van der Waals surface area contributed by atoms with Gasteiger partial charge in [-0.15, -0.1) is 0 Å². The molecule has 2 aliphatic carbocycles. The zero-order valence-corrected chi connectivity index (χ0v) is 6.66. The average Bonchev–Trinajstić information content (AvgIpc) is 2.59. The Hall–Kier alpha value is -0.260. The molecule has 0 atom stereocenters. The van der Waals surface area contributed by atoms with Crippen molar-refractivity contribution in [2.45, 2.75) is 51.4 Å². The van der Waals surface area contributed by atoms with Crippen molar-refractivity contribution in [3.05, 3.63) is 11.1 Å². The fourth-order valence-corrected chi connectivity index (χ4v) is 2.31. The highest BCUT2D eigenvalue weighted by Gasteiger charge is 2.15. The first kappa shape index (κ1) is 6.45. The molecule has 0 unspecified atom stereocenters. The Balaban J connectivity index is 2.10. The number of allylic oxidation sites excluding steroid dienone is 2. The second-order valence-corrected chi connectivity index (χ2v) is 3.62. The molecule has 0 aliphatic heterocycles. The molecule has 0 nitrogen and oxygen atoms in total. The van der Waals surface area contributed by atoms with E-state index >= 15 is 0 Å². The van der Waals surface area contributed by atoms with E-state index in [0.29, 0.717) is 0 Å². The second kappa shape index (κ2) is 2.77. The summed E-state index contributed by atoms with van der Waals surface area (Å²) in [6.45, 7) is 0. The van der Waals surface area contributed by atoms with Crippen LogP contribution in [0.2, 0.25) is 0 Å². The summed E-state index contributed by atoms with van der Waals surface area (Å²) < 4.78 is 0. The van der Waals surface area contributed by atoms with E-state index in [2.05, 4.69) is 0 Å². The van der Waals surface area contributed by atoms with E-state index in [-0.39, 0.29) is 0 Å². The van der Waals surface area contributed by atoms with Crippen molar-refractivity contribution in [3.63, 3.8) is 0 Å². The van der Waals surface area contributed by atoms with Gasteiger partial charge in [0.05, 0.1) is 0 Å². The van der Waals surface area contributed by atoms with Gasteiger partial charge in [0.15, 0.2) is 0 Å². The predicted molar refractivity (Wildman–Crippen MR) is 44.0 cm³/mol. The van der Waals surface area contributed by atoms with E-state index < -0.39 is 0 Å². The monoisotopic (exact) mass is 136 g/mol. The fourth-order valence-electron chi connectivity index (χ4n) is 2.31. The van der Waals surface area contributed by atoms with Gasteiger partial charge < -0.3 is 0 Å². The average molecular weight is 136 g/mol. The molecule has 0 radical (unpaired) electrons. The molecule has 2 saturated carbocycles. The molecule has 0 spiro atoms. The highest BCUT2D eigenvalue weighted by molar-refractivity contribution is 5.19. The molecule has 0 amide bonds.